The molecular formula is C20H18F2N4O. The molecule has 0 aliphatic rings. The minimum Gasteiger partial charge on any atom is -0.342 e. The molecule has 7 heteroatoms. The molecule has 0 amide bonds. The van der Waals surface area contributed by atoms with E-state index in [0.29, 0.717) is 0 Å². The molecule has 2 heterocycles. The average Bonchev–Trinajstić information content (AvgIpc) is 2.68. The van der Waals surface area contributed by atoms with Crippen LogP contribution in [-0.4, -0.2) is 27.8 Å². The van der Waals surface area contributed by atoms with E-state index in [1.165, 1.54) is 24.5 Å². The second kappa shape index (κ2) is 7.57. The van der Waals surface area contributed by atoms with Gasteiger partial charge in [-0.3, -0.25) is 4.79 Å². The molecule has 27 heavy (non-hydrogen) atoms. The van der Waals surface area contributed by atoms with E-state index in [4.69, 9.17) is 0 Å². The fourth-order valence-corrected chi connectivity index (χ4v) is 2.60. The highest BCUT2D eigenvalue weighted by atomic mass is 19.3. The van der Waals surface area contributed by atoms with Crippen LogP contribution >= 0.6 is 0 Å². The van der Waals surface area contributed by atoms with Gasteiger partial charge in [-0.05, 0) is 29.8 Å². The molecule has 0 spiro atoms. The van der Waals surface area contributed by atoms with Gasteiger partial charge < -0.3 is 4.90 Å². The molecule has 0 aliphatic carbocycles. The normalized spacial score (nSPS) is 11.3. The van der Waals surface area contributed by atoms with Gasteiger partial charge in [0.25, 0.3) is 5.92 Å². The molecule has 138 valence electrons. The summed E-state index contributed by atoms with van der Waals surface area (Å²) in [5.74, 6) is -3.40. The Morgan fingerprint density at radius 3 is 2.48 bits per heavy atom. The number of nitrogens with zero attached hydrogens (tertiary/aromatic N) is 4. The van der Waals surface area contributed by atoms with Crippen molar-refractivity contribution < 1.29 is 13.6 Å². The van der Waals surface area contributed by atoms with Crippen molar-refractivity contribution in [3.63, 3.8) is 0 Å². The topological polar surface area (TPSA) is 59.0 Å². The zero-order valence-electron chi connectivity index (χ0n) is 14.9. The number of carbonyl (C=O) groups is 1. The number of pyridine rings is 1. The fourth-order valence-electron chi connectivity index (χ4n) is 2.60. The van der Waals surface area contributed by atoms with Crippen molar-refractivity contribution in [1.29, 1.82) is 0 Å². The summed E-state index contributed by atoms with van der Waals surface area (Å²) >= 11 is 0. The number of ketones is 1. The first-order valence-electron chi connectivity index (χ1n) is 8.31. The molecule has 0 fully saturated rings. The lowest BCUT2D eigenvalue weighted by Crippen LogP contribution is -2.14. The first-order valence-corrected chi connectivity index (χ1v) is 8.31. The largest absolute Gasteiger partial charge is 0.342 e. The molecule has 0 saturated carbocycles. The van der Waals surface area contributed by atoms with Crippen molar-refractivity contribution in [2.75, 3.05) is 11.9 Å². The summed E-state index contributed by atoms with van der Waals surface area (Å²) in [6, 6.07) is 11.5. The van der Waals surface area contributed by atoms with Crippen LogP contribution in [0.4, 0.5) is 20.2 Å². The van der Waals surface area contributed by atoms with Crippen LogP contribution in [0.3, 0.4) is 0 Å². The Morgan fingerprint density at radius 1 is 1.07 bits per heavy atom. The molecule has 0 aliphatic heterocycles. The maximum Gasteiger partial charge on any atom is 0.286 e. The quantitative estimate of drug-likeness (QED) is 0.611. The lowest BCUT2D eigenvalue weighted by Gasteiger charge is -2.19. The fraction of sp³-hybridized carbons (Fsp3) is 0.200. The molecule has 0 saturated heterocycles. The Morgan fingerprint density at radius 2 is 1.78 bits per heavy atom. The van der Waals surface area contributed by atoms with Crippen LogP contribution in [0.1, 0.15) is 28.7 Å². The Balaban J connectivity index is 1.79. The van der Waals surface area contributed by atoms with Crippen LogP contribution in [0.2, 0.25) is 0 Å². The molecule has 0 radical (unpaired) electrons. The molecule has 1 aromatic carbocycles. The van der Waals surface area contributed by atoms with E-state index in [-0.39, 0.29) is 17.9 Å². The minimum absolute atomic E-state index is 0.0317. The van der Waals surface area contributed by atoms with E-state index in [1.807, 2.05) is 36.2 Å². The number of alkyl halides is 2. The zero-order valence-corrected chi connectivity index (χ0v) is 14.9. The third-order valence-electron chi connectivity index (χ3n) is 4.08. The monoisotopic (exact) mass is 368 g/mol. The van der Waals surface area contributed by atoms with E-state index in [2.05, 4.69) is 15.0 Å². The summed E-state index contributed by atoms with van der Waals surface area (Å²) in [7, 11) is 1.87. The van der Waals surface area contributed by atoms with Gasteiger partial charge in [-0.15, -0.1) is 0 Å². The Kier molecular flexibility index (Phi) is 5.21. The predicted molar refractivity (Wildman–Crippen MR) is 98.4 cm³/mol. The van der Waals surface area contributed by atoms with E-state index >= 15 is 0 Å². The third kappa shape index (κ3) is 4.49. The number of aromatic nitrogens is 3. The standard InChI is InChI=1S/C20H18F2N4O/c1-20(21,22)19-8-4-7-17(25-19)18(27)10-14-5-3-6-15(9-14)26(2)16-11-23-13-24-12-16/h3-9,11-13H,10H2,1-2H3. The van der Waals surface area contributed by atoms with Crippen molar-refractivity contribution in [2.24, 2.45) is 0 Å². The smallest absolute Gasteiger partial charge is 0.286 e. The summed E-state index contributed by atoms with van der Waals surface area (Å²) in [4.78, 5) is 26.2. The van der Waals surface area contributed by atoms with E-state index in [0.717, 1.165) is 23.9 Å². The van der Waals surface area contributed by atoms with Crippen molar-refractivity contribution >= 4 is 17.2 Å². The number of hydrogen-bond donors (Lipinski definition) is 0. The van der Waals surface area contributed by atoms with Crippen molar-refractivity contribution in [3.8, 4) is 0 Å². The van der Waals surface area contributed by atoms with Crippen LogP contribution in [0.25, 0.3) is 0 Å². The number of carbonyl (C=O) groups excluding carboxylic acids is 1. The van der Waals surface area contributed by atoms with E-state index < -0.39 is 11.6 Å². The number of benzene rings is 1. The highest BCUT2D eigenvalue weighted by Crippen LogP contribution is 2.26. The van der Waals surface area contributed by atoms with Crippen LogP contribution in [-0.2, 0) is 12.3 Å². The van der Waals surface area contributed by atoms with Crippen molar-refractivity contribution in [3.05, 3.63) is 78.1 Å². The number of anilines is 2. The second-order valence-electron chi connectivity index (χ2n) is 6.22. The van der Waals surface area contributed by atoms with Gasteiger partial charge in [0, 0.05) is 26.1 Å². The van der Waals surface area contributed by atoms with Crippen LogP contribution < -0.4 is 4.90 Å². The first-order chi connectivity index (χ1) is 12.8. The Hall–Kier alpha value is -3.22. The minimum atomic E-state index is -3.09. The maximum absolute atomic E-state index is 13.4. The van der Waals surface area contributed by atoms with E-state index in [9.17, 15) is 13.6 Å². The van der Waals surface area contributed by atoms with Crippen LogP contribution in [0.15, 0.2) is 61.2 Å². The molecular weight excluding hydrogens is 350 g/mol. The molecule has 0 atom stereocenters. The van der Waals surface area contributed by atoms with Crippen molar-refractivity contribution in [1.82, 2.24) is 15.0 Å². The van der Waals surface area contributed by atoms with Gasteiger partial charge >= 0.3 is 0 Å². The highest BCUT2D eigenvalue weighted by molar-refractivity contribution is 5.95. The molecule has 5 nitrogen and oxygen atoms in total. The van der Waals surface area contributed by atoms with Gasteiger partial charge in [-0.1, -0.05) is 18.2 Å². The van der Waals surface area contributed by atoms with Gasteiger partial charge in [0.05, 0.1) is 18.1 Å². The SMILES string of the molecule is CN(c1cncnc1)c1cccc(CC(=O)c2cccc(C(C)(F)F)n2)c1. The van der Waals surface area contributed by atoms with Gasteiger partial charge in [0.2, 0.25) is 0 Å². The maximum atomic E-state index is 13.4. The van der Waals surface area contributed by atoms with Crippen LogP contribution in [0, 0.1) is 0 Å². The first kappa shape index (κ1) is 18.6. The second-order valence-corrected chi connectivity index (χ2v) is 6.22. The molecule has 3 aromatic rings. The molecule has 3 rings (SSSR count). The number of hydrogen-bond acceptors (Lipinski definition) is 5. The van der Waals surface area contributed by atoms with Crippen LogP contribution in [0.5, 0.6) is 0 Å². The van der Waals surface area contributed by atoms with Crippen molar-refractivity contribution in [2.45, 2.75) is 19.3 Å². The van der Waals surface area contributed by atoms with Gasteiger partial charge in [0.1, 0.15) is 17.7 Å². The predicted octanol–water partition coefficient (Wildman–Crippen LogP) is 4.18. The number of Topliss-reactive ketones (excluding diaryl/α,β-unsaturated/α-hetero) is 1. The molecule has 2 aromatic heterocycles. The van der Waals surface area contributed by atoms with Gasteiger partial charge in [-0.25, -0.2) is 15.0 Å². The number of halogens is 2. The summed E-state index contributed by atoms with van der Waals surface area (Å²) in [6.07, 6.45) is 4.89. The summed E-state index contributed by atoms with van der Waals surface area (Å²) in [5.41, 5.74) is 2.05. The zero-order chi connectivity index (χ0) is 19.4. The summed E-state index contributed by atoms with van der Waals surface area (Å²) in [5, 5.41) is 0. The van der Waals surface area contributed by atoms with Gasteiger partial charge in [-0.2, -0.15) is 8.78 Å². The summed E-state index contributed by atoms with van der Waals surface area (Å²) < 4.78 is 26.9. The average molecular weight is 368 g/mol. The molecule has 0 unspecified atom stereocenters. The summed E-state index contributed by atoms with van der Waals surface area (Å²) in [6.45, 7) is 0.760. The molecule has 0 bridgehead atoms. The Bertz CT molecular complexity index is 942. The lowest BCUT2D eigenvalue weighted by atomic mass is 10.0. The van der Waals surface area contributed by atoms with Gasteiger partial charge in [0.15, 0.2) is 5.78 Å². The molecule has 0 N–H and O–H groups in total. The number of rotatable bonds is 6. The third-order valence-corrected chi connectivity index (χ3v) is 4.08. The Labute approximate surface area is 155 Å². The highest BCUT2D eigenvalue weighted by Gasteiger charge is 2.26. The lowest BCUT2D eigenvalue weighted by molar-refractivity contribution is 0.0126. The van der Waals surface area contributed by atoms with E-state index in [1.54, 1.807) is 12.4 Å².